The molecule has 0 fully saturated rings. The molecule has 1 atom stereocenters. The van der Waals surface area contributed by atoms with E-state index in [0.717, 1.165) is 5.56 Å². The number of amides is 1. The summed E-state index contributed by atoms with van der Waals surface area (Å²) in [5, 5.41) is 2.93. The van der Waals surface area contributed by atoms with Crippen molar-refractivity contribution in [1.29, 1.82) is 0 Å². The topological polar surface area (TPSA) is 55.1 Å². The van der Waals surface area contributed by atoms with Gasteiger partial charge in [0.05, 0.1) is 0 Å². The minimum Gasteiger partial charge on any atom is -0.346 e. The van der Waals surface area contributed by atoms with Crippen molar-refractivity contribution >= 4 is 5.91 Å². The molecule has 0 aliphatic carbocycles. The molecule has 0 saturated carbocycles. The molecule has 0 saturated heterocycles. The summed E-state index contributed by atoms with van der Waals surface area (Å²) >= 11 is 0. The van der Waals surface area contributed by atoms with Crippen LogP contribution in [0.25, 0.3) is 0 Å². The van der Waals surface area contributed by atoms with Gasteiger partial charge in [-0.3, -0.25) is 4.79 Å². The van der Waals surface area contributed by atoms with Crippen molar-refractivity contribution in [1.82, 2.24) is 5.32 Å². The zero-order chi connectivity index (χ0) is 12.3. The molecule has 1 aromatic carbocycles. The molecule has 1 rings (SSSR count). The Hall–Kier alpha value is -1.35. The first kappa shape index (κ1) is 12.7. The summed E-state index contributed by atoms with van der Waals surface area (Å²) in [5.74, 6) is -0.0812. The van der Waals surface area contributed by atoms with Gasteiger partial charge in [0.2, 0.25) is 0 Å². The monoisotopic (exact) mass is 220 g/mol. The maximum Gasteiger partial charge on any atom is 0.251 e. The van der Waals surface area contributed by atoms with Gasteiger partial charge in [0.25, 0.3) is 5.91 Å². The highest BCUT2D eigenvalue weighted by Crippen LogP contribution is 2.09. The second-order valence-electron chi connectivity index (χ2n) is 4.83. The molecule has 1 unspecified atom stereocenters. The lowest BCUT2D eigenvalue weighted by Crippen LogP contribution is -2.54. The summed E-state index contributed by atoms with van der Waals surface area (Å²) in [5.41, 5.74) is 7.21. The number of nitrogens with two attached hydrogens (primary N) is 1. The molecule has 1 amide bonds. The van der Waals surface area contributed by atoms with Gasteiger partial charge in [-0.25, -0.2) is 0 Å². The zero-order valence-electron chi connectivity index (χ0n) is 10.4. The van der Waals surface area contributed by atoms with E-state index in [1.807, 2.05) is 52.0 Å². The molecule has 0 radical (unpaired) electrons. The normalized spacial score (nSPS) is 13.3. The smallest absolute Gasteiger partial charge is 0.251 e. The van der Waals surface area contributed by atoms with Crippen LogP contribution in [0.5, 0.6) is 0 Å². The Morgan fingerprint density at radius 3 is 2.25 bits per heavy atom. The Kier molecular flexibility index (Phi) is 3.70. The van der Waals surface area contributed by atoms with Gasteiger partial charge in [0.15, 0.2) is 0 Å². The van der Waals surface area contributed by atoms with Crippen molar-refractivity contribution < 1.29 is 4.79 Å². The van der Waals surface area contributed by atoms with Crippen molar-refractivity contribution in [2.75, 3.05) is 0 Å². The summed E-state index contributed by atoms with van der Waals surface area (Å²) in [4.78, 5) is 11.9. The maximum atomic E-state index is 11.9. The van der Waals surface area contributed by atoms with Crippen LogP contribution in [0.3, 0.4) is 0 Å². The molecule has 88 valence electrons. The number of hydrogen-bond donors (Lipinski definition) is 2. The molecule has 0 spiro atoms. The Morgan fingerprint density at radius 2 is 1.81 bits per heavy atom. The number of nitrogens with one attached hydrogen (secondary N) is 1. The lowest BCUT2D eigenvalue weighted by Gasteiger charge is -2.30. The molecular weight excluding hydrogens is 200 g/mol. The number of aryl methyl sites for hydroxylation is 1. The minimum atomic E-state index is -0.401. The largest absolute Gasteiger partial charge is 0.346 e. The average Bonchev–Trinajstić information content (AvgIpc) is 2.17. The first-order valence-electron chi connectivity index (χ1n) is 5.47. The highest BCUT2D eigenvalue weighted by Gasteiger charge is 2.25. The van der Waals surface area contributed by atoms with E-state index in [9.17, 15) is 4.79 Å². The Balaban J connectivity index is 2.77. The Labute approximate surface area is 97.0 Å². The van der Waals surface area contributed by atoms with E-state index < -0.39 is 5.54 Å². The highest BCUT2D eigenvalue weighted by atomic mass is 16.1. The van der Waals surface area contributed by atoms with Crippen LogP contribution in [-0.2, 0) is 0 Å². The summed E-state index contributed by atoms with van der Waals surface area (Å²) in [6.45, 7) is 7.72. The van der Waals surface area contributed by atoms with Crippen LogP contribution >= 0.6 is 0 Å². The maximum absolute atomic E-state index is 11.9. The fourth-order valence-corrected chi connectivity index (χ4v) is 1.18. The molecule has 3 heteroatoms. The summed E-state index contributed by atoms with van der Waals surface area (Å²) in [7, 11) is 0. The van der Waals surface area contributed by atoms with E-state index in [0.29, 0.717) is 5.56 Å². The van der Waals surface area contributed by atoms with Crippen LogP contribution in [0, 0.1) is 6.92 Å². The fraction of sp³-hybridized carbons (Fsp3) is 0.462. The molecule has 3 N–H and O–H groups in total. The quantitative estimate of drug-likeness (QED) is 0.816. The number of carbonyl (C=O) groups excluding carboxylic acids is 1. The van der Waals surface area contributed by atoms with E-state index in [4.69, 9.17) is 5.73 Å². The van der Waals surface area contributed by atoms with E-state index in [-0.39, 0.29) is 11.9 Å². The molecule has 0 heterocycles. The van der Waals surface area contributed by atoms with Crippen LogP contribution in [0.2, 0.25) is 0 Å². The molecule has 0 aliphatic rings. The third kappa shape index (κ3) is 3.07. The average molecular weight is 220 g/mol. The molecule has 0 aromatic heterocycles. The van der Waals surface area contributed by atoms with Crippen molar-refractivity contribution in [2.45, 2.75) is 39.3 Å². The molecular formula is C13H20N2O. The number of hydrogen-bond acceptors (Lipinski definition) is 2. The van der Waals surface area contributed by atoms with E-state index in [2.05, 4.69) is 5.32 Å². The van der Waals surface area contributed by atoms with Gasteiger partial charge in [0.1, 0.15) is 0 Å². The van der Waals surface area contributed by atoms with Crippen molar-refractivity contribution in [3.63, 3.8) is 0 Å². The van der Waals surface area contributed by atoms with Crippen molar-refractivity contribution in [3.05, 3.63) is 35.4 Å². The summed E-state index contributed by atoms with van der Waals surface area (Å²) in [6.07, 6.45) is 0. The first-order chi connectivity index (χ1) is 7.33. The van der Waals surface area contributed by atoms with Gasteiger partial charge in [-0.15, -0.1) is 0 Å². The Morgan fingerprint density at radius 1 is 1.31 bits per heavy atom. The van der Waals surface area contributed by atoms with Gasteiger partial charge in [-0.1, -0.05) is 17.7 Å². The number of carbonyl (C=O) groups is 1. The molecule has 1 aromatic rings. The second kappa shape index (κ2) is 4.66. The second-order valence-corrected chi connectivity index (χ2v) is 4.83. The fourth-order valence-electron chi connectivity index (χ4n) is 1.18. The van der Waals surface area contributed by atoms with E-state index in [1.165, 1.54) is 0 Å². The number of rotatable bonds is 3. The van der Waals surface area contributed by atoms with Gasteiger partial charge in [-0.2, -0.15) is 0 Å². The summed E-state index contributed by atoms with van der Waals surface area (Å²) in [6, 6.07) is 7.40. The third-order valence-corrected chi connectivity index (χ3v) is 2.89. The minimum absolute atomic E-state index is 0.0812. The van der Waals surface area contributed by atoms with E-state index >= 15 is 0 Å². The molecule has 3 nitrogen and oxygen atoms in total. The SMILES string of the molecule is Cc1ccc(C(=O)NC(C)(C)C(C)N)cc1. The van der Waals surface area contributed by atoms with Crippen LogP contribution in [-0.4, -0.2) is 17.5 Å². The molecule has 0 bridgehead atoms. The first-order valence-corrected chi connectivity index (χ1v) is 5.47. The van der Waals surface area contributed by atoms with Gasteiger partial charge in [-0.05, 0) is 39.8 Å². The zero-order valence-corrected chi connectivity index (χ0v) is 10.4. The molecule has 0 aliphatic heterocycles. The molecule has 16 heavy (non-hydrogen) atoms. The predicted octanol–water partition coefficient (Wildman–Crippen LogP) is 1.85. The van der Waals surface area contributed by atoms with Crippen molar-refractivity contribution in [3.8, 4) is 0 Å². The summed E-state index contributed by atoms with van der Waals surface area (Å²) < 4.78 is 0. The highest BCUT2D eigenvalue weighted by molar-refractivity contribution is 5.94. The standard InChI is InChI=1S/C13H20N2O/c1-9-5-7-11(8-6-9)12(16)15-13(3,4)10(2)14/h5-8,10H,14H2,1-4H3,(H,15,16). The van der Waals surface area contributed by atoms with E-state index in [1.54, 1.807) is 0 Å². The van der Waals surface area contributed by atoms with Crippen LogP contribution in [0.4, 0.5) is 0 Å². The van der Waals surface area contributed by atoms with Crippen molar-refractivity contribution in [2.24, 2.45) is 5.73 Å². The third-order valence-electron chi connectivity index (χ3n) is 2.89. The lowest BCUT2D eigenvalue weighted by molar-refractivity contribution is 0.0903. The number of benzene rings is 1. The van der Waals surface area contributed by atoms with Crippen LogP contribution < -0.4 is 11.1 Å². The van der Waals surface area contributed by atoms with Gasteiger partial charge in [0, 0.05) is 17.1 Å². The van der Waals surface area contributed by atoms with Gasteiger partial charge >= 0.3 is 0 Å². The van der Waals surface area contributed by atoms with Crippen LogP contribution in [0.1, 0.15) is 36.7 Å². The predicted molar refractivity (Wildman–Crippen MR) is 66.4 cm³/mol. The lowest BCUT2D eigenvalue weighted by atomic mass is 9.96. The van der Waals surface area contributed by atoms with Gasteiger partial charge < -0.3 is 11.1 Å². The van der Waals surface area contributed by atoms with Crippen LogP contribution in [0.15, 0.2) is 24.3 Å². The Bertz CT molecular complexity index is 366.